The van der Waals surface area contributed by atoms with E-state index in [2.05, 4.69) is 0 Å². The highest BCUT2D eigenvalue weighted by Crippen LogP contribution is 2.29. The van der Waals surface area contributed by atoms with Gasteiger partial charge in [-0.1, -0.05) is 0 Å². The summed E-state index contributed by atoms with van der Waals surface area (Å²) in [6.45, 7) is 0. The van der Waals surface area contributed by atoms with Gasteiger partial charge in [0.15, 0.2) is 5.82 Å². The van der Waals surface area contributed by atoms with Crippen LogP contribution in [0.1, 0.15) is 17.5 Å². The molecule has 0 atom stereocenters. The highest BCUT2D eigenvalue weighted by molar-refractivity contribution is 5.49. The fourth-order valence-corrected chi connectivity index (χ4v) is 1.68. The topological polar surface area (TPSA) is 26.0 Å². The van der Waals surface area contributed by atoms with Crippen LogP contribution in [0, 0.1) is 11.6 Å². The number of halogens is 2. The Morgan fingerprint density at radius 1 is 1.25 bits per heavy atom. The van der Waals surface area contributed by atoms with Crippen molar-refractivity contribution < 1.29 is 8.78 Å². The molecule has 1 aliphatic rings. The third-order valence-electron chi connectivity index (χ3n) is 2.32. The van der Waals surface area contributed by atoms with Gasteiger partial charge in [-0.25, -0.2) is 8.78 Å². The summed E-state index contributed by atoms with van der Waals surface area (Å²) in [5.41, 5.74) is 6.25. The molecular formula is C9H9F2N. The molecule has 0 radical (unpaired) electrons. The minimum absolute atomic E-state index is 0.337. The van der Waals surface area contributed by atoms with Gasteiger partial charge < -0.3 is 5.73 Å². The molecule has 0 saturated carbocycles. The normalized spacial score (nSPS) is 14.8. The first-order valence-electron chi connectivity index (χ1n) is 3.95. The van der Waals surface area contributed by atoms with Crippen molar-refractivity contribution in [2.75, 3.05) is 5.73 Å². The quantitative estimate of drug-likeness (QED) is 0.591. The van der Waals surface area contributed by atoms with E-state index in [1.54, 1.807) is 0 Å². The van der Waals surface area contributed by atoms with Crippen molar-refractivity contribution in [1.82, 2.24) is 0 Å². The van der Waals surface area contributed by atoms with Crippen molar-refractivity contribution in [2.45, 2.75) is 19.3 Å². The van der Waals surface area contributed by atoms with Gasteiger partial charge in [0.05, 0.1) is 0 Å². The molecule has 2 rings (SSSR count). The van der Waals surface area contributed by atoms with E-state index in [4.69, 9.17) is 5.73 Å². The summed E-state index contributed by atoms with van der Waals surface area (Å²) in [4.78, 5) is 0. The molecule has 1 aromatic carbocycles. The van der Waals surface area contributed by atoms with Crippen LogP contribution in [0.15, 0.2) is 6.07 Å². The minimum Gasteiger partial charge on any atom is -0.394 e. The van der Waals surface area contributed by atoms with E-state index in [1.807, 2.05) is 0 Å². The van der Waals surface area contributed by atoms with Gasteiger partial charge in [0.2, 0.25) is 0 Å². The predicted octanol–water partition coefficient (Wildman–Crippen LogP) is 2.04. The van der Waals surface area contributed by atoms with Gasteiger partial charge in [0.25, 0.3) is 0 Å². The molecule has 2 N–H and O–H groups in total. The molecule has 0 fully saturated rings. The van der Waals surface area contributed by atoms with Crippen LogP contribution >= 0.6 is 0 Å². The van der Waals surface area contributed by atoms with Crippen LogP contribution < -0.4 is 5.73 Å². The summed E-state index contributed by atoms with van der Waals surface area (Å²) < 4.78 is 26.1. The largest absolute Gasteiger partial charge is 0.394 e. The maximum absolute atomic E-state index is 13.2. The van der Waals surface area contributed by atoms with E-state index in [-0.39, 0.29) is 5.69 Å². The molecule has 1 aliphatic carbocycles. The van der Waals surface area contributed by atoms with E-state index < -0.39 is 11.6 Å². The number of fused-ring (bicyclic) bond motifs is 1. The molecule has 0 bridgehead atoms. The molecule has 0 saturated heterocycles. The van der Waals surface area contributed by atoms with Crippen LogP contribution in [0.2, 0.25) is 0 Å². The Balaban J connectivity index is 2.67. The predicted molar refractivity (Wildman–Crippen MR) is 42.8 cm³/mol. The molecule has 0 aromatic heterocycles. The number of hydrogen-bond donors (Lipinski definition) is 1. The minimum atomic E-state index is -0.631. The highest BCUT2D eigenvalue weighted by Gasteiger charge is 2.19. The SMILES string of the molecule is Nc1c(F)cc2c(c1F)CCC2. The number of aryl methyl sites for hydroxylation is 1. The summed E-state index contributed by atoms with van der Waals surface area (Å²) in [7, 11) is 0. The van der Waals surface area contributed by atoms with Gasteiger partial charge in [-0.15, -0.1) is 0 Å². The zero-order chi connectivity index (χ0) is 8.72. The lowest BCUT2D eigenvalue weighted by Gasteiger charge is -2.04. The maximum atomic E-state index is 13.2. The van der Waals surface area contributed by atoms with E-state index in [1.165, 1.54) is 6.07 Å². The molecule has 0 heterocycles. The lowest BCUT2D eigenvalue weighted by molar-refractivity contribution is 0.582. The summed E-state index contributed by atoms with van der Waals surface area (Å²) in [6, 6.07) is 1.35. The molecule has 3 heteroatoms. The second-order valence-corrected chi connectivity index (χ2v) is 3.08. The summed E-state index contributed by atoms with van der Waals surface area (Å²) in [5.74, 6) is -1.18. The van der Waals surface area contributed by atoms with Gasteiger partial charge in [-0.05, 0) is 36.5 Å². The summed E-state index contributed by atoms with van der Waals surface area (Å²) >= 11 is 0. The highest BCUT2D eigenvalue weighted by atomic mass is 19.1. The Kier molecular flexibility index (Phi) is 1.53. The number of nitrogens with two attached hydrogens (primary N) is 1. The first-order chi connectivity index (χ1) is 5.70. The fourth-order valence-electron chi connectivity index (χ4n) is 1.68. The van der Waals surface area contributed by atoms with Crippen molar-refractivity contribution in [3.63, 3.8) is 0 Å². The second kappa shape index (κ2) is 2.44. The number of anilines is 1. The van der Waals surface area contributed by atoms with Gasteiger partial charge in [0.1, 0.15) is 11.5 Å². The number of nitrogen functional groups attached to an aromatic ring is 1. The van der Waals surface area contributed by atoms with Gasteiger partial charge in [0, 0.05) is 0 Å². The average molecular weight is 169 g/mol. The third kappa shape index (κ3) is 0.891. The summed E-state index contributed by atoms with van der Waals surface area (Å²) in [5, 5.41) is 0. The Bertz CT molecular complexity index is 334. The second-order valence-electron chi connectivity index (χ2n) is 3.08. The zero-order valence-electron chi connectivity index (χ0n) is 6.53. The summed E-state index contributed by atoms with van der Waals surface area (Å²) in [6.07, 6.45) is 2.35. The average Bonchev–Trinajstić information content (AvgIpc) is 2.48. The molecule has 0 unspecified atom stereocenters. The third-order valence-corrected chi connectivity index (χ3v) is 2.32. The number of hydrogen-bond acceptors (Lipinski definition) is 1. The Morgan fingerprint density at radius 3 is 2.75 bits per heavy atom. The van der Waals surface area contributed by atoms with Crippen LogP contribution in [0.3, 0.4) is 0 Å². The molecule has 12 heavy (non-hydrogen) atoms. The molecule has 1 nitrogen and oxygen atoms in total. The first kappa shape index (κ1) is 7.53. The van der Waals surface area contributed by atoms with Crippen LogP contribution in [0.5, 0.6) is 0 Å². The molecular weight excluding hydrogens is 160 g/mol. The fraction of sp³-hybridized carbons (Fsp3) is 0.333. The first-order valence-corrected chi connectivity index (χ1v) is 3.95. The van der Waals surface area contributed by atoms with E-state index in [0.717, 1.165) is 18.4 Å². The van der Waals surface area contributed by atoms with Crippen molar-refractivity contribution in [3.05, 3.63) is 28.8 Å². The van der Waals surface area contributed by atoms with Crippen LogP contribution in [0.4, 0.5) is 14.5 Å². The molecule has 0 spiro atoms. The molecule has 0 aliphatic heterocycles. The van der Waals surface area contributed by atoms with Crippen LogP contribution in [-0.4, -0.2) is 0 Å². The smallest absolute Gasteiger partial charge is 0.152 e. The van der Waals surface area contributed by atoms with E-state index >= 15 is 0 Å². The standard InChI is InChI=1S/C9H9F2N/c10-7-4-5-2-1-3-6(5)8(11)9(7)12/h4H,1-3,12H2. The lowest BCUT2D eigenvalue weighted by atomic mass is 10.1. The van der Waals surface area contributed by atoms with E-state index in [9.17, 15) is 8.78 Å². The molecule has 64 valence electrons. The Hall–Kier alpha value is -1.12. The van der Waals surface area contributed by atoms with Crippen molar-refractivity contribution in [1.29, 1.82) is 0 Å². The van der Waals surface area contributed by atoms with Crippen LogP contribution in [0.25, 0.3) is 0 Å². The Morgan fingerprint density at radius 2 is 2.00 bits per heavy atom. The van der Waals surface area contributed by atoms with Gasteiger partial charge in [-0.2, -0.15) is 0 Å². The monoisotopic (exact) mass is 169 g/mol. The number of rotatable bonds is 0. The van der Waals surface area contributed by atoms with E-state index in [0.29, 0.717) is 12.0 Å². The van der Waals surface area contributed by atoms with Gasteiger partial charge in [-0.3, -0.25) is 0 Å². The molecule has 1 aromatic rings. The maximum Gasteiger partial charge on any atom is 0.152 e. The van der Waals surface area contributed by atoms with Crippen molar-refractivity contribution in [3.8, 4) is 0 Å². The molecule has 0 amide bonds. The lowest BCUT2D eigenvalue weighted by Crippen LogP contribution is -2.00. The Labute approximate surface area is 69.2 Å². The van der Waals surface area contributed by atoms with Crippen LogP contribution in [-0.2, 0) is 12.8 Å². The van der Waals surface area contributed by atoms with Crippen molar-refractivity contribution >= 4 is 5.69 Å². The number of benzene rings is 1. The zero-order valence-corrected chi connectivity index (χ0v) is 6.53. The van der Waals surface area contributed by atoms with Crippen molar-refractivity contribution in [2.24, 2.45) is 0 Å². The van der Waals surface area contributed by atoms with Gasteiger partial charge >= 0.3 is 0 Å².